The molecule has 0 fully saturated rings. The minimum atomic E-state index is -3.35. The molecule has 3 heterocycles. The van der Waals surface area contributed by atoms with Crippen LogP contribution in [0.15, 0.2) is 59.3 Å². The lowest BCUT2D eigenvalue weighted by Crippen LogP contribution is -2.26. The molecule has 0 bridgehead atoms. The number of fused-ring (bicyclic) bond motifs is 1. The normalized spacial score (nSPS) is 13.5. The van der Waals surface area contributed by atoms with Gasteiger partial charge in [-0.15, -0.1) is 0 Å². The van der Waals surface area contributed by atoms with Crippen molar-refractivity contribution in [3.8, 4) is 5.88 Å². The van der Waals surface area contributed by atoms with Crippen LogP contribution in [0.2, 0.25) is 0 Å². The quantitative estimate of drug-likeness (QED) is 0.516. The predicted octanol–water partition coefficient (Wildman–Crippen LogP) is 4.71. The van der Waals surface area contributed by atoms with Gasteiger partial charge in [-0.2, -0.15) is 8.78 Å². The van der Waals surface area contributed by atoms with E-state index in [1.54, 1.807) is 18.2 Å². The van der Waals surface area contributed by atoms with Crippen molar-refractivity contribution in [2.75, 3.05) is 6.61 Å². The molecular weight excluding hydrogens is 463 g/mol. The molecule has 154 valence electrons. The van der Waals surface area contributed by atoms with Gasteiger partial charge in [0.1, 0.15) is 17.1 Å². The van der Waals surface area contributed by atoms with Crippen molar-refractivity contribution in [2.45, 2.75) is 19.0 Å². The zero-order valence-corrected chi connectivity index (χ0v) is 17.1. The Hall–Kier alpha value is -2.94. The van der Waals surface area contributed by atoms with E-state index in [1.165, 1.54) is 41.6 Å². The van der Waals surface area contributed by atoms with Crippen LogP contribution in [0.3, 0.4) is 0 Å². The zero-order valence-electron chi connectivity index (χ0n) is 15.5. The Kier molecular flexibility index (Phi) is 5.46. The highest BCUT2D eigenvalue weighted by Gasteiger charge is 2.37. The van der Waals surface area contributed by atoms with Crippen molar-refractivity contribution in [2.24, 2.45) is 0 Å². The number of hydrogen-bond donors (Lipinski definition) is 0. The first-order chi connectivity index (χ1) is 14.3. The van der Waals surface area contributed by atoms with Crippen LogP contribution >= 0.6 is 15.9 Å². The number of carbonyl (C=O) groups excluding carboxylic acids is 1. The number of pyridine rings is 2. The molecule has 1 aliphatic rings. The van der Waals surface area contributed by atoms with Gasteiger partial charge in [0.15, 0.2) is 6.61 Å². The van der Waals surface area contributed by atoms with Gasteiger partial charge in [0.25, 0.3) is 5.91 Å². The third kappa shape index (κ3) is 4.02. The van der Waals surface area contributed by atoms with Crippen LogP contribution in [0.5, 0.6) is 5.88 Å². The monoisotopic (exact) mass is 477 g/mol. The maximum Gasteiger partial charge on any atom is 0.322 e. The fraction of sp³-hybridized carbons (Fsp3) is 0.190. The second-order valence-electron chi connectivity index (χ2n) is 6.76. The van der Waals surface area contributed by atoms with Crippen LogP contribution in [0.4, 0.5) is 13.2 Å². The molecule has 0 aliphatic carbocycles. The molecule has 3 aromatic rings. The van der Waals surface area contributed by atoms with E-state index in [1.807, 2.05) is 0 Å². The van der Waals surface area contributed by atoms with E-state index >= 15 is 0 Å². The topological polar surface area (TPSA) is 55.3 Å². The van der Waals surface area contributed by atoms with E-state index in [4.69, 9.17) is 4.74 Å². The second kappa shape index (κ2) is 8.06. The fourth-order valence-electron chi connectivity index (χ4n) is 3.18. The molecular formula is C21H15BrF3N3O2. The van der Waals surface area contributed by atoms with E-state index in [0.717, 1.165) is 0 Å². The fourth-order valence-corrected chi connectivity index (χ4v) is 3.51. The molecule has 0 atom stereocenters. The van der Waals surface area contributed by atoms with Crippen LogP contribution in [0, 0.1) is 5.82 Å². The third-order valence-corrected chi connectivity index (χ3v) is 5.16. The summed E-state index contributed by atoms with van der Waals surface area (Å²) in [5.74, 6) is -4.42. The number of hydrogen-bond acceptors (Lipinski definition) is 4. The van der Waals surface area contributed by atoms with Gasteiger partial charge >= 0.3 is 5.92 Å². The average Bonchev–Trinajstić information content (AvgIpc) is 3.05. The smallest absolute Gasteiger partial charge is 0.322 e. The summed E-state index contributed by atoms with van der Waals surface area (Å²) in [6, 6.07) is 10.4. The summed E-state index contributed by atoms with van der Waals surface area (Å²) in [5, 5.41) is 0. The van der Waals surface area contributed by atoms with Gasteiger partial charge in [0.05, 0.1) is 0 Å². The van der Waals surface area contributed by atoms with Crippen LogP contribution in [0.1, 0.15) is 27.2 Å². The maximum atomic E-state index is 14.4. The lowest BCUT2D eigenvalue weighted by atomic mass is 10.2. The highest BCUT2D eigenvalue weighted by molar-refractivity contribution is 9.10. The number of alkyl halides is 2. The van der Waals surface area contributed by atoms with Crippen molar-refractivity contribution < 1.29 is 22.7 Å². The molecule has 1 aromatic carbocycles. The summed E-state index contributed by atoms with van der Waals surface area (Å²) in [6.07, 6.45) is 2.66. The minimum absolute atomic E-state index is 0.0379. The van der Waals surface area contributed by atoms with Crippen molar-refractivity contribution in [3.05, 3.63) is 87.5 Å². The van der Waals surface area contributed by atoms with E-state index in [2.05, 4.69) is 25.9 Å². The molecule has 30 heavy (non-hydrogen) atoms. The largest absolute Gasteiger partial charge is 0.470 e. The predicted molar refractivity (Wildman–Crippen MR) is 106 cm³/mol. The van der Waals surface area contributed by atoms with Gasteiger partial charge in [0.2, 0.25) is 5.88 Å². The first-order valence-corrected chi connectivity index (χ1v) is 9.77. The van der Waals surface area contributed by atoms with E-state index < -0.39 is 29.9 Å². The molecule has 5 nitrogen and oxygen atoms in total. The Morgan fingerprint density at radius 3 is 2.70 bits per heavy atom. The van der Waals surface area contributed by atoms with Gasteiger partial charge in [-0.25, -0.2) is 9.37 Å². The molecule has 0 saturated heterocycles. The molecule has 0 radical (unpaired) electrons. The van der Waals surface area contributed by atoms with Crippen LogP contribution in [0.25, 0.3) is 0 Å². The molecule has 0 unspecified atom stereocenters. The Bertz CT molecular complexity index is 1100. The lowest BCUT2D eigenvalue weighted by Gasteiger charge is -2.17. The number of halogens is 4. The molecule has 1 aliphatic heterocycles. The van der Waals surface area contributed by atoms with Crippen LogP contribution in [-0.4, -0.2) is 27.4 Å². The van der Waals surface area contributed by atoms with Crippen molar-refractivity contribution in [1.29, 1.82) is 0 Å². The van der Waals surface area contributed by atoms with Gasteiger partial charge < -0.3 is 9.64 Å². The standard InChI is InChI=1S/C21H15BrF3N3O2/c22-15-5-4-13(16(23)9-15)10-28-11-14-6-8-27-19(18(14)20(28)29)30-12-21(24,25)17-3-1-2-7-26-17/h1-9H,10-12H2. The number of nitrogens with zero attached hydrogens (tertiary/aromatic N) is 3. The molecule has 1 amide bonds. The molecule has 2 aromatic heterocycles. The lowest BCUT2D eigenvalue weighted by molar-refractivity contribution is -0.0517. The van der Waals surface area contributed by atoms with Crippen LogP contribution < -0.4 is 4.74 Å². The summed E-state index contributed by atoms with van der Waals surface area (Å²) < 4.78 is 48.7. The second-order valence-corrected chi connectivity index (χ2v) is 7.67. The molecule has 0 N–H and O–H groups in total. The van der Waals surface area contributed by atoms with Crippen molar-refractivity contribution in [1.82, 2.24) is 14.9 Å². The number of ether oxygens (including phenoxy) is 1. The number of rotatable bonds is 6. The molecule has 0 spiro atoms. The summed E-state index contributed by atoms with van der Waals surface area (Å²) in [7, 11) is 0. The summed E-state index contributed by atoms with van der Waals surface area (Å²) in [6.45, 7) is -0.766. The summed E-state index contributed by atoms with van der Waals surface area (Å²) >= 11 is 3.19. The average molecular weight is 478 g/mol. The Morgan fingerprint density at radius 2 is 1.97 bits per heavy atom. The van der Waals surface area contributed by atoms with Crippen LogP contribution in [-0.2, 0) is 19.0 Å². The van der Waals surface area contributed by atoms with Gasteiger partial charge in [-0.1, -0.05) is 28.1 Å². The van der Waals surface area contributed by atoms with E-state index in [9.17, 15) is 18.0 Å². The SMILES string of the molecule is O=C1c2c(ccnc2OCC(F)(F)c2ccccn2)CN1Cc1ccc(Br)cc1F. The molecule has 0 saturated carbocycles. The maximum absolute atomic E-state index is 14.4. The van der Waals surface area contributed by atoms with Gasteiger partial charge in [-0.3, -0.25) is 9.78 Å². The first kappa shape index (κ1) is 20.3. The van der Waals surface area contributed by atoms with Gasteiger partial charge in [0, 0.05) is 35.5 Å². The van der Waals surface area contributed by atoms with Gasteiger partial charge in [-0.05, 0) is 35.9 Å². The molecule has 4 rings (SSSR count). The van der Waals surface area contributed by atoms with Crippen molar-refractivity contribution in [3.63, 3.8) is 0 Å². The minimum Gasteiger partial charge on any atom is -0.470 e. The first-order valence-electron chi connectivity index (χ1n) is 8.98. The number of aromatic nitrogens is 2. The Morgan fingerprint density at radius 1 is 1.13 bits per heavy atom. The van der Waals surface area contributed by atoms with E-state index in [-0.39, 0.29) is 24.5 Å². The number of benzene rings is 1. The highest BCUT2D eigenvalue weighted by atomic mass is 79.9. The Balaban J connectivity index is 1.52. The third-order valence-electron chi connectivity index (χ3n) is 4.67. The molecule has 9 heteroatoms. The van der Waals surface area contributed by atoms with E-state index in [0.29, 0.717) is 15.6 Å². The number of amides is 1. The van der Waals surface area contributed by atoms with Crippen molar-refractivity contribution >= 4 is 21.8 Å². The summed E-state index contributed by atoms with van der Waals surface area (Å²) in [4.78, 5) is 21.9. The number of carbonyl (C=O) groups is 1. The summed E-state index contributed by atoms with van der Waals surface area (Å²) in [5.41, 5.74) is 0.614. The zero-order chi connectivity index (χ0) is 21.3. The highest BCUT2D eigenvalue weighted by Crippen LogP contribution is 2.33. The Labute approximate surface area is 178 Å².